The minimum absolute atomic E-state index is 0.00229. The Morgan fingerprint density at radius 3 is 2.76 bits per heavy atom. The van der Waals surface area contributed by atoms with Crippen molar-refractivity contribution < 1.29 is 13.6 Å². The summed E-state index contributed by atoms with van der Waals surface area (Å²) in [5.74, 6) is 0.0769. The number of fused-ring (bicyclic) bond motifs is 1. The molecule has 0 aliphatic carbocycles. The molecule has 29 heavy (non-hydrogen) atoms. The Morgan fingerprint density at radius 2 is 1.97 bits per heavy atom. The number of aryl methyl sites for hydroxylation is 1. The standard InChI is InChI=1S/C20H18ClF2N5O/c1-12-24-18-11-27(8-9-28(18)26-12)20(29)25-19(14-4-2-3-5-16(14)21)15-10-13(22)6-7-17(15)23/h2-7,10,19H,8-9,11H2,1H3,(H,25,29). The maximum Gasteiger partial charge on any atom is 0.318 e. The smallest absolute Gasteiger partial charge is 0.318 e. The van der Waals surface area contributed by atoms with Crippen molar-refractivity contribution in [3.63, 3.8) is 0 Å². The molecule has 3 aromatic rings. The molecule has 1 atom stereocenters. The number of urea groups is 1. The quantitative estimate of drug-likeness (QED) is 0.704. The summed E-state index contributed by atoms with van der Waals surface area (Å²) in [6.45, 7) is 2.99. The van der Waals surface area contributed by atoms with Gasteiger partial charge in [-0.25, -0.2) is 23.2 Å². The highest BCUT2D eigenvalue weighted by Gasteiger charge is 2.28. The lowest BCUT2D eigenvalue weighted by Crippen LogP contribution is -2.46. The average molecular weight is 418 g/mol. The van der Waals surface area contributed by atoms with E-state index in [0.717, 1.165) is 18.2 Å². The number of aromatic nitrogens is 3. The largest absolute Gasteiger partial charge is 0.327 e. The van der Waals surface area contributed by atoms with E-state index in [-0.39, 0.29) is 12.1 Å². The zero-order valence-electron chi connectivity index (χ0n) is 15.6. The van der Waals surface area contributed by atoms with Crippen LogP contribution >= 0.6 is 11.6 Å². The topological polar surface area (TPSA) is 63.1 Å². The molecule has 2 amide bonds. The number of carbonyl (C=O) groups is 1. The summed E-state index contributed by atoms with van der Waals surface area (Å²) in [6.07, 6.45) is 0. The van der Waals surface area contributed by atoms with Crippen molar-refractivity contribution in [2.75, 3.05) is 6.54 Å². The van der Waals surface area contributed by atoms with Crippen molar-refractivity contribution in [3.05, 3.63) is 81.9 Å². The molecule has 150 valence electrons. The summed E-state index contributed by atoms with van der Waals surface area (Å²) >= 11 is 6.30. The number of carbonyl (C=O) groups excluding carboxylic acids is 1. The minimum Gasteiger partial charge on any atom is -0.327 e. The normalized spacial score (nSPS) is 14.4. The Morgan fingerprint density at radius 1 is 1.17 bits per heavy atom. The second-order valence-corrected chi connectivity index (χ2v) is 7.20. The molecule has 4 rings (SSSR count). The molecule has 2 aromatic carbocycles. The van der Waals surface area contributed by atoms with Gasteiger partial charge in [0.15, 0.2) is 0 Å². The Kier molecular flexibility index (Phi) is 5.19. The van der Waals surface area contributed by atoms with Crippen LogP contribution in [0.1, 0.15) is 28.8 Å². The molecule has 0 fully saturated rings. The molecule has 0 saturated carbocycles. The number of rotatable bonds is 3. The Balaban J connectivity index is 1.65. The van der Waals surface area contributed by atoms with Crippen molar-refractivity contribution in [1.29, 1.82) is 0 Å². The first-order valence-corrected chi connectivity index (χ1v) is 9.45. The van der Waals surface area contributed by atoms with Crippen molar-refractivity contribution in [3.8, 4) is 0 Å². The summed E-state index contributed by atoms with van der Waals surface area (Å²) in [7, 11) is 0. The van der Waals surface area contributed by atoms with Crippen LogP contribution < -0.4 is 5.32 Å². The molecule has 1 aromatic heterocycles. The van der Waals surface area contributed by atoms with Crippen molar-refractivity contribution in [2.24, 2.45) is 0 Å². The molecule has 0 saturated heterocycles. The highest BCUT2D eigenvalue weighted by Crippen LogP contribution is 2.30. The fraction of sp³-hybridized carbons (Fsp3) is 0.250. The first kappa shape index (κ1) is 19.3. The number of hydrogen-bond acceptors (Lipinski definition) is 3. The highest BCUT2D eigenvalue weighted by molar-refractivity contribution is 6.31. The molecule has 1 N–H and O–H groups in total. The molecule has 9 heteroatoms. The van der Waals surface area contributed by atoms with Gasteiger partial charge in [0.25, 0.3) is 0 Å². The third-order valence-corrected chi connectivity index (χ3v) is 5.15. The molecule has 1 unspecified atom stereocenters. The van der Waals surface area contributed by atoms with Gasteiger partial charge in [-0.05, 0) is 36.8 Å². The zero-order valence-corrected chi connectivity index (χ0v) is 16.3. The van der Waals surface area contributed by atoms with E-state index in [1.54, 1.807) is 40.8 Å². The van der Waals surface area contributed by atoms with E-state index < -0.39 is 23.7 Å². The summed E-state index contributed by atoms with van der Waals surface area (Å²) in [5.41, 5.74) is 0.477. The summed E-state index contributed by atoms with van der Waals surface area (Å²) in [4.78, 5) is 18.9. The van der Waals surface area contributed by atoms with Crippen LogP contribution in [-0.4, -0.2) is 32.2 Å². The van der Waals surface area contributed by atoms with Crippen molar-refractivity contribution in [1.82, 2.24) is 25.0 Å². The maximum absolute atomic E-state index is 14.5. The van der Waals surface area contributed by atoms with E-state index in [0.29, 0.717) is 35.3 Å². The van der Waals surface area contributed by atoms with Crippen LogP contribution in [0.5, 0.6) is 0 Å². The number of halogens is 3. The van der Waals surface area contributed by atoms with Crippen molar-refractivity contribution in [2.45, 2.75) is 26.1 Å². The lowest BCUT2D eigenvalue weighted by Gasteiger charge is -2.30. The second kappa shape index (κ2) is 7.79. The van der Waals surface area contributed by atoms with Gasteiger partial charge in [-0.15, -0.1) is 0 Å². The van der Waals surface area contributed by atoms with E-state index in [9.17, 15) is 13.6 Å². The average Bonchev–Trinajstić information content (AvgIpc) is 3.08. The van der Waals surface area contributed by atoms with Gasteiger partial charge in [0.05, 0.1) is 19.1 Å². The van der Waals surface area contributed by atoms with Crippen LogP contribution in [0.15, 0.2) is 42.5 Å². The Hall–Kier alpha value is -3.00. The summed E-state index contributed by atoms with van der Waals surface area (Å²) < 4.78 is 30.1. The number of benzene rings is 2. The third-order valence-electron chi connectivity index (χ3n) is 4.81. The summed E-state index contributed by atoms with van der Waals surface area (Å²) in [5, 5.41) is 7.42. The van der Waals surface area contributed by atoms with Crippen LogP contribution in [0.3, 0.4) is 0 Å². The summed E-state index contributed by atoms with van der Waals surface area (Å²) in [6, 6.07) is 8.53. The molecule has 1 aliphatic heterocycles. The third kappa shape index (κ3) is 3.93. The number of amides is 2. The van der Waals surface area contributed by atoms with Gasteiger partial charge >= 0.3 is 6.03 Å². The van der Waals surface area contributed by atoms with Gasteiger partial charge in [-0.2, -0.15) is 5.10 Å². The maximum atomic E-state index is 14.5. The molecular formula is C20H18ClF2N5O. The van der Waals surface area contributed by atoms with E-state index in [1.807, 2.05) is 0 Å². The van der Waals surface area contributed by atoms with Gasteiger partial charge in [-0.1, -0.05) is 29.8 Å². The van der Waals surface area contributed by atoms with Gasteiger partial charge in [0, 0.05) is 17.1 Å². The van der Waals surface area contributed by atoms with E-state index in [4.69, 9.17) is 11.6 Å². The van der Waals surface area contributed by atoms with Crippen LogP contribution in [0.25, 0.3) is 0 Å². The Bertz CT molecular complexity index is 1070. The predicted molar refractivity (Wildman–Crippen MR) is 103 cm³/mol. The molecule has 0 spiro atoms. The van der Waals surface area contributed by atoms with Gasteiger partial charge in [0.2, 0.25) is 0 Å². The number of hydrogen-bond donors (Lipinski definition) is 1. The van der Waals surface area contributed by atoms with Gasteiger partial charge in [-0.3, -0.25) is 0 Å². The lowest BCUT2D eigenvalue weighted by atomic mass is 9.98. The molecule has 0 radical (unpaired) electrons. The molecule has 1 aliphatic rings. The van der Waals surface area contributed by atoms with Crippen molar-refractivity contribution >= 4 is 17.6 Å². The monoisotopic (exact) mass is 417 g/mol. The fourth-order valence-corrected chi connectivity index (χ4v) is 3.66. The number of nitrogens with zero attached hydrogens (tertiary/aromatic N) is 4. The minimum atomic E-state index is -0.951. The Labute approximate surface area is 171 Å². The molecule has 6 nitrogen and oxygen atoms in total. The van der Waals surface area contributed by atoms with Gasteiger partial charge < -0.3 is 10.2 Å². The second-order valence-electron chi connectivity index (χ2n) is 6.79. The highest BCUT2D eigenvalue weighted by atomic mass is 35.5. The van der Waals surface area contributed by atoms with Gasteiger partial charge in [0.1, 0.15) is 23.3 Å². The van der Waals surface area contributed by atoms with Crippen LogP contribution in [-0.2, 0) is 13.1 Å². The SMILES string of the molecule is Cc1nc2n(n1)CCN(C(=O)NC(c1cc(F)ccc1F)c1ccccc1Cl)C2. The number of nitrogens with one attached hydrogen (secondary N) is 1. The molecule has 2 heterocycles. The first-order valence-electron chi connectivity index (χ1n) is 9.07. The van der Waals surface area contributed by atoms with E-state index in [1.165, 1.54) is 0 Å². The fourth-order valence-electron chi connectivity index (χ4n) is 3.42. The van der Waals surface area contributed by atoms with Crippen LogP contribution in [0.4, 0.5) is 13.6 Å². The van der Waals surface area contributed by atoms with E-state index >= 15 is 0 Å². The predicted octanol–water partition coefficient (Wildman–Crippen LogP) is 3.83. The molecular weight excluding hydrogens is 400 g/mol. The zero-order chi connectivity index (χ0) is 20.5. The lowest BCUT2D eigenvalue weighted by molar-refractivity contribution is 0.177. The first-order chi connectivity index (χ1) is 13.9. The molecule has 0 bridgehead atoms. The van der Waals surface area contributed by atoms with Crippen LogP contribution in [0.2, 0.25) is 5.02 Å². The van der Waals surface area contributed by atoms with Crippen LogP contribution in [0, 0.1) is 18.6 Å². The van der Waals surface area contributed by atoms with E-state index in [2.05, 4.69) is 15.4 Å².